The highest BCUT2D eigenvalue weighted by molar-refractivity contribution is 8.00. The van der Waals surface area contributed by atoms with Gasteiger partial charge in [0.05, 0.1) is 10.5 Å². The minimum absolute atomic E-state index is 0.129. The Morgan fingerprint density at radius 2 is 0.903 bits per heavy atom. The maximum atomic E-state index is 6.53. The number of hydrogen-bond donors (Lipinski definition) is 0. The molecule has 31 heavy (non-hydrogen) atoms. The van der Waals surface area contributed by atoms with Crippen LogP contribution in [0.25, 0.3) is 0 Å². The van der Waals surface area contributed by atoms with Crippen molar-refractivity contribution in [2.45, 2.75) is 24.3 Å². The standard InChI is InChI=1S/C28H24Cl2S/c1-19-13-15-23(17-25(19)29)27(21-9-5-3-6-10-21)31-28(22-11-7-4-8-12-22)24-16-14-20(2)26(30)18-24/h3-18,27-28H,1-2H3. The molecule has 0 spiro atoms. The van der Waals surface area contributed by atoms with Crippen molar-refractivity contribution in [2.24, 2.45) is 0 Å². The molecule has 0 aromatic heterocycles. The van der Waals surface area contributed by atoms with Crippen molar-refractivity contribution in [3.8, 4) is 0 Å². The summed E-state index contributed by atoms with van der Waals surface area (Å²) in [5.74, 6) is 0. The molecule has 0 bridgehead atoms. The van der Waals surface area contributed by atoms with Crippen LogP contribution in [0.3, 0.4) is 0 Å². The van der Waals surface area contributed by atoms with E-state index in [2.05, 4.69) is 97.1 Å². The van der Waals surface area contributed by atoms with E-state index in [1.807, 2.05) is 25.6 Å². The molecule has 4 aromatic carbocycles. The first-order chi connectivity index (χ1) is 15.0. The van der Waals surface area contributed by atoms with Crippen molar-refractivity contribution >= 4 is 35.0 Å². The molecule has 0 saturated carbocycles. The summed E-state index contributed by atoms with van der Waals surface area (Å²) in [5, 5.41) is 1.86. The Labute approximate surface area is 199 Å². The molecule has 0 aliphatic carbocycles. The number of thioether (sulfide) groups is 1. The third-order valence-electron chi connectivity index (χ3n) is 5.47. The van der Waals surface area contributed by atoms with E-state index in [0.717, 1.165) is 21.2 Å². The van der Waals surface area contributed by atoms with Crippen molar-refractivity contribution < 1.29 is 0 Å². The van der Waals surface area contributed by atoms with Crippen LogP contribution < -0.4 is 0 Å². The molecule has 0 radical (unpaired) electrons. The van der Waals surface area contributed by atoms with Crippen molar-refractivity contribution in [3.05, 3.63) is 140 Å². The highest BCUT2D eigenvalue weighted by Gasteiger charge is 2.24. The molecule has 156 valence electrons. The predicted molar refractivity (Wildman–Crippen MR) is 137 cm³/mol. The van der Waals surface area contributed by atoms with Crippen LogP contribution in [0.2, 0.25) is 10.0 Å². The Morgan fingerprint density at radius 3 is 1.26 bits per heavy atom. The molecule has 0 aliphatic heterocycles. The summed E-state index contributed by atoms with van der Waals surface area (Å²) in [5.41, 5.74) is 7.09. The van der Waals surface area contributed by atoms with Crippen LogP contribution in [-0.2, 0) is 0 Å². The van der Waals surface area contributed by atoms with Gasteiger partial charge in [0.1, 0.15) is 0 Å². The zero-order chi connectivity index (χ0) is 21.8. The number of halogens is 2. The summed E-state index contributed by atoms with van der Waals surface area (Å²) in [7, 11) is 0. The first-order valence-electron chi connectivity index (χ1n) is 10.3. The fraction of sp³-hybridized carbons (Fsp3) is 0.143. The highest BCUT2D eigenvalue weighted by atomic mass is 35.5. The van der Waals surface area contributed by atoms with Gasteiger partial charge in [-0.2, -0.15) is 0 Å². The van der Waals surface area contributed by atoms with Crippen LogP contribution in [0.15, 0.2) is 97.1 Å². The molecule has 0 aliphatic rings. The SMILES string of the molecule is Cc1ccc(C(SC(c2ccccc2)c2ccc(C)c(Cl)c2)c2ccccc2)cc1Cl. The second kappa shape index (κ2) is 9.96. The van der Waals surface area contributed by atoms with Gasteiger partial charge < -0.3 is 0 Å². The smallest absolute Gasteiger partial charge is 0.0556 e. The van der Waals surface area contributed by atoms with Gasteiger partial charge >= 0.3 is 0 Å². The minimum atomic E-state index is 0.129. The van der Waals surface area contributed by atoms with Gasteiger partial charge in [-0.1, -0.05) is 108 Å². The van der Waals surface area contributed by atoms with Crippen LogP contribution in [0, 0.1) is 13.8 Å². The topological polar surface area (TPSA) is 0 Å². The molecule has 3 heteroatoms. The molecule has 0 N–H and O–H groups in total. The molecule has 0 saturated heterocycles. The summed E-state index contributed by atoms with van der Waals surface area (Å²) in [6.07, 6.45) is 0. The largest absolute Gasteiger partial charge is 0.136 e. The van der Waals surface area contributed by atoms with Crippen LogP contribution in [0.1, 0.15) is 43.9 Å². The lowest BCUT2D eigenvalue weighted by molar-refractivity contribution is 1.09. The van der Waals surface area contributed by atoms with Gasteiger partial charge in [-0.05, 0) is 59.4 Å². The van der Waals surface area contributed by atoms with Gasteiger partial charge in [-0.25, -0.2) is 0 Å². The average Bonchev–Trinajstić information content (AvgIpc) is 2.80. The quantitative estimate of drug-likeness (QED) is 0.275. The molecule has 4 rings (SSSR count). The highest BCUT2D eigenvalue weighted by Crippen LogP contribution is 2.48. The lowest BCUT2D eigenvalue weighted by Gasteiger charge is -2.26. The fourth-order valence-corrected chi connectivity index (χ4v) is 5.52. The maximum absolute atomic E-state index is 6.53. The summed E-state index contributed by atoms with van der Waals surface area (Å²) < 4.78 is 0. The molecule has 0 heterocycles. The molecule has 2 atom stereocenters. The van der Waals surface area contributed by atoms with E-state index >= 15 is 0 Å². The average molecular weight is 463 g/mol. The van der Waals surface area contributed by atoms with E-state index in [1.165, 1.54) is 22.3 Å². The summed E-state index contributed by atoms with van der Waals surface area (Å²) >= 11 is 15.0. The monoisotopic (exact) mass is 462 g/mol. The zero-order valence-electron chi connectivity index (χ0n) is 17.6. The molecular formula is C28H24Cl2S. The van der Waals surface area contributed by atoms with Crippen molar-refractivity contribution in [3.63, 3.8) is 0 Å². The van der Waals surface area contributed by atoms with Crippen LogP contribution in [-0.4, -0.2) is 0 Å². The van der Waals surface area contributed by atoms with E-state index in [-0.39, 0.29) is 10.5 Å². The Hall–Kier alpha value is -2.19. The van der Waals surface area contributed by atoms with Gasteiger partial charge in [-0.15, -0.1) is 11.8 Å². The number of rotatable bonds is 6. The molecular weight excluding hydrogens is 439 g/mol. The van der Waals surface area contributed by atoms with E-state index in [0.29, 0.717) is 0 Å². The van der Waals surface area contributed by atoms with Crippen molar-refractivity contribution in [1.82, 2.24) is 0 Å². The number of aryl methyl sites for hydroxylation is 2. The summed E-state index contributed by atoms with van der Waals surface area (Å²) in [6, 6.07) is 34.1. The van der Waals surface area contributed by atoms with Crippen LogP contribution in [0.4, 0.5) is 0 Å². The van der Waals surface area contributed by atoms with Gasteiger partial charge in [0, 0.05) is 10.0 Å². The first kappa shape index (κ1) is 22.0. The Balaban J connectivity index is 1.82. The fourth-order valence-electron chi connectivity index (χ4n) is 3.64. The Kier molecular flexibility index (Phi) is 7.07. The third-order valence-corrected chi connectivity index (χ3v) is 7.92. The van der Waals surface area contributed by atoms with E-state index in [1.54, 1.807) is 0 Å². The lowest BCUT2D eigenvalue weighted by atomic mass is 10.0. The number of benzene rings is 4. The normalized spacial score (nSPS) is 13.0. The predicted octanol–water partition coefficient (Wildman–Crippen LogP) is 9.22. The second-order valence-electron chi connectivity index (χ2n) is 7.73. The zero-order valence-corrected chi connectivity index (χ0v) is 19.9. The van der Waals surface area contributed by atoms with Gasteiger partial charge in [0.15, 0.2) is 0 Å². The van der Waals surface area contributed by atoms with Crippen molar-refractivity contribution in [2.75, 3.05) is 0 Å². The van der Waals surface area contributed by atoms with E-state index in [9.17, 15) is 0 Å². The van der Waals surface area contributed by atoms with Gasteiger partial charge in [0.25, 0.3) is 0 Å². The molecule has 0 fully saturated rings. The first-order valence-corrected chi connectivity index (χ1v) is 12.0. The van der Waals surface area contributed by atoms with Gasteiger partial charge in [-0.3, -0.25) is 0 Å². The number of hydrogen-bond acceptors (Lipinski definition) is 1. The van der Waals surface area contributed by atoms with E-state index in [4.69, 9.17) is 23.2 Å². The maximum Gasteiger partial charge on any atom is 0.0556 e. The van der Waals surface area contributed by atoms with Gasteiger partial charge in [0.2, 0.25) is 0 Å². The summed E-state index contributed by atoms with van der Waals surface area (Å²) in [4.78, 5) is 0. The van der Waals surface area contributed by atoms with Crippen LogP contribution in [0.5, 0.6) is 0 Å². The lowest BCUT2D eigenvalue weighted by Crippen LogP contribution is -2.04. The van der Waals surface area contributed by atoms with E-state index < -0.39 is 0 Å². The minimum Gasteiger partial charge on any atom is -0.136 e. The Morgan fingerprint density at radius 1 is 0.516 bits per heavy atom. The third kappa shape index (κ3) is 5.18. The molecule has 0 nitrogen and oxygen atoms in total. The van der Waals surface area contributed by atoms with Crippen molar-refractivity contribution in [1.29, 1.82) is 0 Å². The molecule has 4 aromatic rings. The summed E-state index contributed by atoms with van der Waals surface area (Å²) in [6.45, 7) is 4.08. The molecule has 0 amide bonds. The Bertz CT molecular complexity index is 1060. The molecule has 2 unspecified atom stereocenters. The second-order valence-corrected chi connectivity index (χ2v) is 9.76. The van der Waals surface area contributed by atoms with Crippen LogP contribution >= 0.6 is 35.0 Å².